The maximum atomic E-state index is 5.83. The first-order valence-corrected chi connectivity index (χ1v) is 4.57. The van der Waals surface area contributed by atoms with E-state index >= 15 is 0 Å². The number of benzene rings is 1. The Kier molecular flexibility index (Phi) is 2.76. The summed E-state index contributed by atoms with van der Waals surface area (Å²) in [5.74, 6) is 0.540. The molecule has 0 spiro atoms. The van der Waals surface area contributed by atoms with E-state index in [2.05, 4.69) is 32.6 Å². The highest BCUT2D eigenvalue weighted by atomic mass is 14.6. The quantitative estimate of drug-likeness (QED) is 0.685. The summed E-state index contributed by atoms with van der Waals surface area (Å²) in [4.78, 5) is 0. The van der Waals surface area contributed by atoms with Crippen molar-refractivity contribution >= 4 is 11.3 Å². The van der Waals surface area contributed by atoms with Gasteiger partial charge >= 0.3 is 0 Å². The maximum Gasteiger partial charge on any atom is 0.0390 e. The van der Waals surface area contributed by atoms with Gasteiger partial charge in [0.25, 0.3) is 0 Å². The molecule has 0 aliphatic carbocycles. The summed E-state index contributed by atoms with van der Waals surface area (Å²) >= 11 is 0. The predicted octanol–water partition coefficient (Wildman–Crippen LogP) is 3.43. The van der Waals surface area contributed by atoms with Crippen molar-refractivity contribution in [1.82, 2.24) is 0 Å². The second kappa shape index (κ2) is 3.65. The molecule has 1 aromatic carbocycles. The highest BCUT2D eigenvalue weighted by molar-refractivity contribution is 5.72. The van der Waals surface area contributed by atoms with Crippen molar-refractivity contribution in [3.63, 3.8) is 0 Å². The average Bonchev–Trinajstić information content (AvgIpc) is 2.04. The first kappa shape index (κ1) is 9.85. The van der Waals surface area contributed by atoms with Crippen LogP contribution in [-0.4, -0.2) is 0 Å². The summed E-state index contributed by atoms with van der Waals surface area (Å²) in [6.45, 7) is 10.2. The van der Waals surface area contributed by atoms with Crippen LogP contribution < -0.4 is 5.73 Å². The van der Waals surface area contributed by atoms with Crippen LogP contribution in [0.3, 0.4) is 0 Å². The monoisotopic (exact) mass is 175 g/mol. The minimum atomic E-state index is 0.540. The average molecular weight is 175 g/mol. The number of rotatable bonds is 2. The molecule has 0 fully saturated rings. The first-order chi connectivity index (χ1) is 6.02. The molecule has 0 saturated carbocycles. The second-order valence-corrected chi connectivity index (χ2v) is 3.78. The molecule has 0 aliphatic rings. The SMILES string of the molecule is C=C(C)c1cc(C(C)C)ccc1N. The Morgan fingerprint density at radius 2 is 2.00 bits per heavy atom. The molecule has 0 unspecified atom stereocenters. The van der Waals surface area contributed by atoms with Gasteiger partial charge in [0.15, 0.2) is 0 Å². The highest BCUT2D eigenvalue weighted by Gasteiger charge is 2.04. The van der Waals surface area contributed by atoms with Crippen LogP contribution in [0.25, 0.3) is 5.57 Å². The number of allylic oxidation sites excluding steroid dienone is 1. The van der Waals surface area contributed by atoms with Gasteiger partial charge in [-0.1, -0.05) is 26.5 Å². The zero-order valence-corrected chi connectivity index (χ0v) is 8.59. The molecular weight excluding hydrogens is 158 g/mol. The van der Waals surface area contributed by atoms with Gasteiger partial charge in [0.1, 0.15) is 0 Å². The van der Waals surface area contributed by atoms with Crippen LogP contribution in [-0.2, 0) is 0 Å². The van der Waals surface area contributed by atoms with Gasteiger partial charge in [0.05, 0.1) is 0 Å². The molecule has 0 aliphatic heterocycles. The molecule has 0 heterocycles. The van der Waals surface area contributed by atoms with Crippen LogP contribution in [0.15, 0.2) is 24.8 Å². The minimum absolute atomic E-state index is 0.540. The van der Waals surface area contributed by atoms with Crippen molar-refractivity contribution in [3.8, 4) is 0 Å². The molecule has 1 rings (SSSR count). The molecule has 0 aromatic heterocycles. The molecule has 0 amide bonds. The summed E-state index contributed by atoms with van der Waals surface area (Å²) in [6.07, 6.45) is 0. The van der Waals surface area contributed by atoms with Crippen LogP contribution in [0.1, 0.15) is 37.8 Å². The van der Waals surface area contributed by atoms with Gasteiger partial charge in [-0.15, -0.1) is 0 Å². The summed E-state index contributed by atoms with van der Waals surface area (Å²) in [7, 11) is 0. The zero-order valence-electron chi connectivity index (χ0n) is 8.59. The number of nitrogens with two attached hydrogens (primary N) is 1. The Morgan fingerprint density at radius 1 is 1.38 bits per heavy atom. The first-order valence-electron chi connectivity index (χ1n) is 4.57. The van der Waals surface area contributed by atoms with Gasteiger partial charge in [-0.05, 0) is 41.7 Å². The Morgan fingerprint density at radius 3 is 2.46 bits per heavy atom. The van der Waals surface area contributed by atoms with Crippen molar-refractivity contribution in [1.29, 1.82) is 0 Å². The highest BCUT2D eigenvalue weighted by Crippen LogP contribution is 2.24. The van der Waals surface area contributed by atoms with E-state index in [0.717, 1.165) is 16.8 Å². The third-order valence-corrected chi connectivity index (χ3v) is 2.20. The van der Waals surface area contributed by atoms with Crippen LogP contribution in [0.4, 0.5) is 5.69 Å². The van der Waals surface area contributed by atoms with Crippen LogP contribution in [0.5, 0.6) is 0 Å². The third-order valence-electron chi connectivity index (χ3n) is 2.20. The molecule has 70 valence electrons. The van der Waals surface area contributed by atoms with Crippen LogP contribution >= 0.6 is 0 Å². The molecule has 2 N–H and O–H groups in total. The van der Waals surface area contributed by atoms with Crippen molar-refractivity contribution < 1.29 is 0 Å². The maximum absolute atomic E-state index is 5.83. The van der Waals surface area contributed by atoms with E-state index < -0.39 is 0 Å². The van der Waals surface area contributed by atoms with Crippen LogP contribution in [0.2, 0.25) is 0 Å². The fourth-order valence-electron chi connectivity index (χ4n) is 1.30. The molecule has 0 atom stereocenters. The van der Waals surface area contributed by atoms with Crippen molar-refractivity contribution in [2.75, 3.05) is 5.73 Å². The summed E-state index contributed by atoms with van der Waals surface area (Å²) < 4.78 is 0. The van der Waals surface area contributed by atoms with Crippen LogP contribution in [0, 0.1) is 0 Å². The number of nitrogen functional groups attached to an aromatic ring is 1. The van der Waals surface area contributed by atoms with E-state index in [9.17, 15) is 0 Å². The molecule has 13 heavy (non-hydrogen) atoms. The van der Waals surface area contributed by atoms with Crippen molar-refractivity contribution in [2.45, 2.75) is 26.7 Å². The van der Waals surface area contributed by atoms with Gasteiger partial charge in [0.2, 0.25) is 0 Å². The third kappa shape index (κ3) is 2.11. The molecule has 1 nitrogen and oxygen atoms in total. The van der Waals surface area contributed by atoms with Gasteiger partial charge < -0.3 is 5.73 Å². The molecule has 0 saturated heterocycles. The van der Waals surface area contributed by atoms with Gasteiger partial charge in [-0.25, -0.2) is 0 Å². The van der Waals surface area contributed by atoms with E-state index in [1.165, 1.54) is 5.56 Å². The van der Waals surface area contributed by atoms with E-state index in [4.69, 9.17) is 5.73 Å². The summed E-state index contributed by atoms with van der Waals surface area (Å²) in [5, 5.41) is 0. The van der Waals surface area contributed by atoms with E-state index in [1.807, 2.05) is 13.0 Å². The van der Waals surface area contributed by atoms with Crippen molar-refractivity contribution in [3.05, 3.63) is 35.9 Å². The number of hydrogen-bond donors (Lipinski definition) is 1. The lowest BCUT2D eigenvalue weighted by Gasteiger charge is -2.10. The molecule has 1 heteroatoms. The fourth-order valence-corrected chi connectivity index (χ4v) is 1.30. The standard InChI is InChI=1S/C12H17N/c1-8(2)10-5-6-12(13)11(7-10)9(3)4/h5-8H,3,13H2,1-2,4H3. The van der Waals surface area contributed by atoms with E-state index in [-0.39, 0.29) is 0 Å². The largest absolute Gasteiger partial charge is 0.398 e. The molecule has 0 radical (unpaired) electrons. The summed E-state index contributed by atoms with van der Waals surface area (Å²) in [6, 6.07) is 6.16. The Hall–Kier alpha value is -1.24. The Bertz CT molecular complexity index is 324. The Balaban J connectivity index is 3.19. The lowest BCUT2D eigenvalue weighted by Crippen LogP contribution is -1.95. The molecule has 1 aromatic rings. The topological polar surface area (TPSA) is 26.0 Å². The summed E-state index contributed by atoms with van der Waals surface area (Å²) in [5.41, 5.74) is 10.1. The van der Waals surface area contributed by atoms with Gasteiger partial charge in [-0.3, -0.25) is 0 Å². The Labute approximate surface area is 80.3 Å². The van der Waals surface area contributed by atoms with E-state index in [0.29, 0.717) is 5.92 Å². The predicted molar refractivity (Wildman–Crippen MR) is 59.7 cm³/mol. The lowest BCUT2D eigenvalue weighted by atomic mass is 9.97. The molecule has 0 bridgehead atoms. The number of anilines is 1. The normalized spacial score (nSPS) is 10.5. The van der Waals surface area contributed by atoms with Gasteiger partial charge in [-0.2, -0.15) is 0 Å². The minimum Gasteiger partial charge on any atom is -0.398 e. The van der Waals surface area contributed by atoms with Gasteiger partial charge in [0, 0.05) is 5.69 Å². The zero-order chi connectivity index (χ0) is 10.0. The lowest BCUT2D eigenvalue weighted by molar-refractivity contribution is 0.866. The van der Waals surface area contributed by atoms with Crippen molar-refractivity contribution in [2.24, 2.45) is 0 Å². The fraction of sp³-hybridized carbons (Fsp3) is 0.333. The molecular formula is C12H17N. The number of hydrogen-bond acceptors (Lipinski definition) is 1. The van der Waals surface area contributed by atoms with E-state index in [1.54, 1.807) is 0 Å². The smallest absolute Gasteiger partial charge is 0.0390 e. The second-order valence-electron chi connectivity index (χ2n) is 3.78.